The molecule has 4 aromatic rings. The first-order chi connectivity index (χ1) is 16.3. The summed E-state index contributed by atoms with van der Waals surface area (Å²) in [7, 11) is 0. The normalized spacial score (nSPS) is 11.5. The van der Waals surface area contributed by atoms with Gasteiger partial charge >= 0.3 is 0 Å². The Morgan fingerprint density at radius 2 is 1.65 bits per heavy atom. The Hall–Kier alpha value is -3.48. The summed E-state index contributed by atoms with van der Waals surface area (Å²) < 4.78 is 0. The van der Waals surface area contributed by atoms with E-state index in [-0.39, 0.29) is 11.3 Å². The predicted octanol–water partition coefficient (Wildman–Crippen LogP) is 7.27. The van der Waals surface area contributed by atoms with Crippen LogP contribution in [0.4, 0.5) is 10.8 Å². The number of nitrogens with one attached hydrogen (secondary N) is 2. The molecule has 0 aliphatic carbocycles. The van der Waals surface area contributed by atoms with E-state index in [2.05, 4.69) is 53.7 Å². The number of aromatic nitrogens is 1. The summed E-state index contributed by atoms with van der Waals surface area (Å²) in [4.78, 5) is 17.1. The molecule has 0 saturated heterocycles. The Kier molecular flexibility index (Phi) is 7.10. The number of benzene rings is 3. The molecular weight excluding hydrogens is 464 g/mol. The first-order valence-electron chi connectivity index (χ1n) is 10.8. The molecule has 0 aliphatic rings. The fourth-order valence-corrected chi connectivity index (χ4v) is 4.08. The lowest BCUT2D eigenvalue weighted by atomic mass is 9.87. The molecule has 7 heteroatoms. The van der Waals surface area contributed by atoms with Gasteiger partial charge < -0.3 is 5.32 Å². The Balaban J connectivity index is 1.35. The van der Waals surface area contributed by atoms with E-state index in [0.717, 1.165) is 27.6 Å². The summed E-state index contributed by atoms with van der Waals surface area (Å²) in [5.74, 6) is -0.266. The zero-order valence-corrected chi connectivity index (χ0v) is 20.7. The molecule has 34 heavy (non-hydrogen) atoms. The van der Waals surface area contributed by atoms with Gasteiger partial charge in [-0.1, -0.05) is 68.8 Å². The fraction of sp³-hybridized carbons (Fsp3) is 0.148. The SMILES string of the molecule is CC(C)(C)c1ccc(/C=N\NC(=O)c2ccc(-c3csc(Nc4ccc(Cl)cc4)n3)cc2)cc1. The Morgan fingerprint density at radius 3 is 2.29 bits per heavy atom. The number of halogens is 1. The maximum atomic E-state index is 12.4. The lowest BCUT2D eigenvalue weighted by molar-refractivity contribution is 0.0955. The number of hydrazone groups is 1. The van der Waals surface area contributed by atoms with Crippen molar-refractivity contribution in [3.63, 3.8) is 0 Å². The van der Waals surface area contributed by atoms with Crippen LogP contribution >= 0.6 is 22.9 Å². The lowest BCUT2D eigenvalue weighted by Crippen LogP contribution is -2.17. The lowest BCUT2D eigenvalue weighted by Gasteiger charge is -2.18. The number of nitrogens with zero attached hydrogens (tertiary/aromatic N) is 2. The Labute approximate surface area is 208 Å². The van der Waals surface area contributed by atoms with Crippen LogP contribution in [0.3, 0.4) is 0 Å². The van der Waals surface area contributed by atoms with E-state index in [4.69, 9.17) is 11.6 Å². The third kappa shape index (κ3) is 6.10. The van der Waals surface area contributed by atoms with Gasteiger partial charge in [-0.3, -0.25) is 4.79 Å². The smallest absolute Gasteiger partial charge is 0.271 e. The van der Waals surface area contributed by atoms with Crippen LogP contribution < -0.4 is 10.7 Å². The first kappa shape index (κ1) is 23.7. The van der Waals surface area contributed by atoms with Crippen molar-refractivity contribution >= 4 is 45.9 Å². The van der Waals surface area contributed by atoms with Crippen LogP contribution in [0.25, 0.3) is 11.3 Å². The van der Waals surface area contributed by atoms with Gasteiger partial charge in [0.25, 0.3) is 5.91 Å². The van der Waals surface area contributed by atoms with E-state index in [1.807, 2.05) is 53.9 Å². The number of rotatable bonds is 6. The minimum Gasteiger partial charge on any atom is -0.332 e. The number of hydrogen-bond donors (Lipinski definition) is 2. The Bertz CT molecular complexity index is 1290. The van der Waals surface area contributed by atoms with Crippen molar-refractivity contribution in [1.82, 2.24) is 10.4 Å². The van der Waals surface area contributed by atoms with Gasteiger partial charge in [0, 0.05) is 27.2 Å². The number of anilines is 2. The third-order valence-corrected chi connectivity index (χ3v) is 6.21. The third-order valence-electron chi connectivity index (χ3n) is 5.20. The molecule has 172 valence electrons. The summed E-state index contributed by atoms with van der Waals surface area (Å²) in [5.41, 5.74) is 8.08. The topological polar surface area (TPSA) is 66.4 Å². The zero-order valence-electron chi connectivity index (χ0n) is 19.2. The summed E-state index contributed by atoms with van der Waals surface area (Å²) >= 11 is 7.44. The number of hydrogen-bond acceptors (Lipinski definition) is 5. The zero-order chi connectivity index (χ0) is 24.1. The molecule has 3 aromatic carbocycles. The number of carbonyl (C=O) groups excluding carboxylic acids is 1. The summed E-state index contributed by atoms with van der Waals surface area (Å²) in [6.45, 7) is 6.52. The molecule has 1 heterocycles. The van der Waals surface area contributed by atoms with Crippen LogP contribution in [0, 0.1) is 0 Å². The Morgan fingerprint density at radius 1 is 0.971 bits per heavy atom. The number of carbonyl (C=O) groups is 1. The second-order valence-corrected chi connectivity index (χ2v) is 10.1. The van der Waals surface area contributed by atoms with Gasteiger partial charge in [0.15, 0.2) is 5.13 Å². The molecule has 5 nitrogen and oxygen atoms in total. The highest BCUT2D eigenvalue weighted by atomic mass is 35.5. The van der Waals surface area contributed by atoms with Crippen LogP contribution in [0.15, 0.2) is 83.3 Å². The quantitative estimate of drug-likeness (QED) is 0.221. The highest BCUT2D eigenvalue weighted by molar-refractivity contribution is 7.14. The largest absolute Gasteiger partial charge is 0.332 e. The van der Waals surface area contributed by atoms with E-state index >= 15 is 0 Å². The van der Waals surface area contributed by atoms with Crippen LogP contribution in [0.1, 0.15) is 42.3 Å². The summed E-state index contributed by atoms with van der Waals surface area (Å²) in [5, 5.41) is 10.8. The second kappa shape index (κ2) is 10.2. The van der Waals surface area contributed by atoms with Crippen molar-refractivity contribution in [2.24, 2.45) is 5.10 Å². The van der Waals surface area contributed by atoms with Gasteiger partial charge in [-0.2, -0.15) is 5.10 Å². The van der Waals surface area contributed by atoms with Crippen molar-refractivity contribution < 1.29 is 4.79 Å². The van der Waals surface area contributed by atoms with Gasteiger partial charge in [-0.25, -0.2) is 10.4 Å². The van der Waals surface area contributed by atoms with Crippen molar-refractivity contribution in [2.45, 2.75) is 26.2 Å². The van der Waals surface area contributed by atoms with Crippen molar-refractivity contribution in [1.29, 1.82) is 0 Å². The minimum absolute atomic E-state index is 0.101. The number of thiazole rings is 1. The average Bonchev–Trinajstić information content (AvgIpc) is 3.29. The van der Waals surface area contributed by atoms with Crippen LogP contribution in [0.5, 0.6) is 0 Å². The average molecular weight is 489 g/mol. The molecule has 0 saturated carbocycles. The van der Waals surface area contributed by atoms with Crippen LogP contribution in [-0.4, -0.2) is 17.1 Å². The maximum Gasteiger partial charge on any atom is 0.271 e. The molecule has 0 atom stereocenters. The molecule has 0 unspecified atom stereocenters. The van der Waals surface area contributed by atoms with Gasteiger partial charge in [0.1, 0.15) is 0 Å². The maximum absolute atomic E-state index is 12.4. The van der Waals surface area contributed by atoms with Crippen molar-refractivity contribution in [3.05, 3.63) is 99.9 Å². The van der Waals surface area contributed by atoms with Gasteiger partial charge in [0.2, 0.25) is 0 Å². The monoisotopic (exact) mass is 488 g/mol. The van der Waals surface area contributed by atoms with Crippen molar-refractivity contribution in [2.75, 3.05) is 5.32 Å². The molecule has 1 aromatic heterocycles. The molecule has 0 bridgehead atoms. The molecule has 0 spiro atoms. The summed E-state index contributed by atoms with van der Waals surface area (Å²) in [6, 6.07) is 22.9. The molecule has 4 rings (SSSR count). The standard InChI is InChI=1S/C27H25ClN4OS/c1-27(2,3)21-10-4-18(5-11-21)16-29-32-25(33)20-8-6-19(7-9-20)24-17-34-26(31-24)30-23-14-12-22(28)13-15-23/h4-17H,1-3H3,(H,30,31)(H,32,33)/b29-16-. The first-order valence-corrected chi connectivity index (χ1v) is 12.1. The predicted molar refractivity (Wildman–Crippen MR) is 142 cm³/mol. The molecule has 0 radical (unpaired) electrons. The van der Waals surface area contributed by atoms with Crippen LogP contribution in [0.2, 0.25) is 5.02 Å². The van der Waals surface area contributed by atoms with Crippen LogP contribution in [-0.2, 0) is 5.41 Å². The van der Waals surface area contributed by atoms with Crippen molar-refractivity contribution in [3.8, 4) is 11.3 Å². The van der Waals surface area contributed by atoms with E-state index in [1.165, 1.54) is 16.9 Å². The molecule has 0 fully saturated rings. The molecule has 2 N–H and O–H groups in total. The number of amides is 1. The fourth-order valence-electron chi connectivity index (χ4n) is 3.21. The van der Waals surface area contributed by atoms with Gasteiger partial charge in [0.05, 0.1) is 11.9 Å². The van der Waals surface area contributed by atoms with Gasteiger partial charge in [-0.15, -0.1) is 11.3 Å². The molecule has 0 aliphatic heterocycles. The minimum atomic E-state index is -0.266. The molecule has 1 amide bonds. The van der Waals surface area contributed by atoms with E-state index in [9.17, 15) is 4.79 Å². The highest BCUT2D eigenvalue weighted by Crippen LogP contribution is 2.28. The summed E-state index contributed by atoms with van der Waals surface area (Å²) in [6.07, 6.45) is 1.64. The second-order valence-electron chi connectivity index (χ2n) is 8.82. The van der Waals surface area contributed by atoms with E-state index < -0.39 is 0 Å². The van der Waals surface area contributed by atoms with Gasteiger partial charge in [-0.05, 0) is 52.9 Å². The molecular formula is C27H25ClN4OS. The van der Waals surface area contributed by atoms with E-state index in [0.29, 0.717) is 10.6 Å². The highest BCUT2D eigenvalue weighted by Gasteiger charge is 2.12. The van der Waals surface area contributed by atoms with E-state index in [1.54, 1.807) is 18.3 Å².